The van der Waals surface area contributed by atoms with Gasteiger partial charge < -0.3 is 5.11 Å². The lowest BCUT2D eigenvalue weighted by atomic mass is 9.88. The number of piperidine rings is 1. The molecule has 1 aromatic rings. The number of rotatable bonds is 4. The van der Waals surface area contributed by atoms with Gasteiger partial charge >= 0.3 is 5.97 Å². The number of nitrogens with zero attached hydrogens (tertiary/aromatic N) is 2. The Bertz CT molecular complexity index is 568. The van der Waals surface area contributed by atoms with Gasteiger partial charge in [0.15, 0.2) is 0 Å². The normalized spacial score (nSPS) is 22.7. The van der Waals surface area contributed by atoms with E-state index in [1.165, 1.54) is 12.1 Å². The average molecular weight is 290 g/mol. The maximum Gasteiger partial charge on any atom is 0.320 e. The van der Waals surface area contributed by atoms with Crippen molar-refractivity contribution in [2.24, 2.45) is 5.92 Å². The number of benzene rings is 1. The average Bonchev–Trinajstić information content (AvgIpc) is 2.49. The van der Waals surface area contributed by atoms with Gasteiger partial charge in [-0.05, 0) is 43.0 Å². The lowest BCUT2D eigenvalue weighted by molar-refractivity contribution is -0.145. The number of hydrogen-bond donors (Lipinski definition) is 1. The van der Waals surface area contributed by atoms with Gasteiger partial charge in [0.25, 0.3) is 0 Å². The van der Waals surface area contributed by atoms with Crippen molar-refractivity contribution in [3.05, 3.63) is 35.1 Å². The predicted molar refractivity (Wildman–Crippen MR) is 76.0 cm³/mol. The van der Waals surface area contributed by atoms with Gasteiger partial charge in [0.2, 0.25) is 0 Å². The molecule has 2 unspecified atom stereocenters. The first-order valence-corrected chi connectivity index (χ1v) is 7.20. The van der Waals surface area contributed by atoms with E-state index in [-0.39, 0.29) is 5.56 Å². The summed E-state index contributed by atoms with van der Waals surface area (Å²) in [6.45, 7) is 3.14. The van der Waals surface area contributed by atoms with E-state index < -0.39 is 17.8 Å². The van der Waals surface area contributed by atoms with Crippen molar-refractivity contribution in [2.75, 3.05) is 6.54 Å². The van der Waals surface area contributed by atoms with Crippen LogP contribution >= 0.6 is 0 Å². The van der Waals surface area contributed by atoms with Crippen LogP contribution in [0.3, 0.4) is 0 Å². The van der Waals surface area contributed by atoms with E-state index in [0.29, 0.717) is 31.0 Å². The first kappa shape index (κ1) is 15.5. The maximum absolute atomic E-state index is 13.2. The molecule has 1 aliphatic heterocycles. The van der Waals surface area contributed by atoms with Crippen molar-refractivity contribution >= 4 is 5.97 Å². The molecule has 0 spiro atoms. The van der Waals surface area contributed by atoms with E-state index in [4.69, 9.17) is 5.26 Å². The van der Waals surface area contributed by atoms with E-state index in [1.54, 1.807) is 6.07 Å². The van der Waals surface area contributed by atoms with Gasteiger partial charge in [-0.1, -0.05) is 19.4 Å². The van der Waals surface area contributed by atoms with E-state index in [1.807, 2.05) is 11.0 Å². The lowest BCUT2D eigenvalue weighted by Crippen LogP contribution is -2.46. The molecule has 0 aliphatic carbocycles. The fourth-order valence-electron chi connectivity index (χ4n) is 2.91. The van der Waals surface area contributed by atoms with Crippen molar-refractivity contribution in [1.29, 1.82) is 5.26 Å². The molecule has 1 aromatic carbocycles. The summed E-state index contributed by atoms with van der Waals surface area (Å²) in [7, 11) is 0. The van der Waals surface area contributed by atoms with Crippen molar-refractivity contribution in [3.63, 3.8) is 0 Å². The molecule has 1 saturated heterocycles. The first-order valence-electron chi connectivity index (χ1n) is 7.20. The summed E-state index contributed by atoms with van der Waals surface area (Å²) >= 11 is 0. The quantitative estimate of drug-likeness (QED) is 0.926. The Morgan fingerprint density at radius 3 is 2.95 bits per heavy atom. The number of carboxylic acid groups (broad SMARTS) is 1. The van der Waals surface area contributed by atoms with Gasteiger partial charge in [-0.25, -0.2) is 4.39 Å². The number of carboxylic acids is 1. The third kappa shape index (κ3) is 3.59. The molecule has 5 heteroatoms. The number of carbonyl (C=O) groups is 1. The summed E-state index contributed by atoms with van der Waals surface area (Å²) < 4.78 is 13.2. The molecule has 0 aromatic heterocycles. The van der Waals surface area contributed by atoms with Crippen LogP contribution < -0.4 is 0 Å². The predicted octanol–water partition coefficient (Wildman–Crippen LogP) is 2.77. The van der Waals surface area contributed by atoms with E-state index in [2.05, 4.69) is 6.92 Å². The maximum atomic E-state index is 13.2. The Balaban J connectivity index is 2.18. The molecule has 0 bridgehead atoms. The van der Waals surface area contributed by atoms with Crippen LogP contribution in [0.2, 0.25) is 0 Å². The van der Waals surface area contributed by atoms with Crippen molar-refractivity contribution in [2.45, 2.75) is 38.8 Å². The van der Waals surface area contributed by atoms with Crippen LogP contribution in [0.1, 0.15) is 37.3 Å². The SMILES string of the molecule is CCC1CCN(Cc2ccc(F)cc2C#N)C(C(=O)O)C1. The Kier molecular flexibility index (Phi) is 4.92. The molecule has 2 rings (SSSR count). The minimum Gasteiger partial charge on any atom is -0.480 e. The van der Waals surface area contributed by atoms with Crippen molar-refractivity contribution < 1.29 is 14.3 Å². The highest BCUT2D eigenvalue weighted by atomic mass is 19.1. The van der Waals surface area contributed by atoms with Crippen LogP contribution in [0.25, 0.3) is 0 Å². The molecule has 2 atom stereocenters. The largest absolute Gasteiger partial charge is 0.480 e. The minimum atomic E-state index is -0.825. The Morgan fingerprint density at radius 2 is 2.33 bits per heavy atom. The van der Waals surface area contributed by atoms with Gasteiger partial charge in [-0.3, -0.25) is 9.69 Å². The monoisotopic (exact) mass is 290 g/mol. The zero-order valence-electron chi connectivity index (χ0n) is 12.1. The Morgan fingerprint density at radius 1 is 1.57 bits per heavy atom. The summed E-state index contributed by atoms with van der Waals surface area (Å²) in [6, 6.07) is 5.53. The third-order valence-electron chi connectivity index (χ3n) is 4.25. The van der Waals surface area contributed by atoms with Gasteiger partial charge in [-0.15, -0.1) is 0 Å². The molecule has 0 amide bonds. The van der Waals surface area contributed by atoms with Gasteiger partial charge in [0.05, 0.1) is 11.6 Å². The van der Waals surface area contributed by atoms with Gasteiger partial charge in [-0.2, -0.15) is 5.26 Å². The third-order valence-corrected chi connectivity index (χ3v) is 4.25. The molecule has 0 radical (unpaired) electrons. The highest BCUT2D eigenvalue weighted by Gasteiger charge is 2.32. The highest BCUT2D eigenvalue weighted by molar-refractivity contribution is 5.73. The number of hydrogen-bond acceptors (Lipinski definition) is 3. The Labute approximate surface area is 123 Å². The second-order valence-corrected chi connectivity index (χ2v) is 5.54. The van der Waals surface area contributed by atoms with Crippen molar-refractivity contribution in [1.82, 2.24) is 4.90 Å². The van der Waals surface area contributed by atoms with Crippen LogP contribution in [0.4, 0.5) is 4.39 Å². The zero-order valence-corrected chi connectivity index (χ0v) is 12.1. The first-order chi connectivity index (χ1) is 10.0. The van der Waals surface area contributed by atoms with Crippen LogP contribution in [0, 0.1) is 23.1 Å². The van der Waals surface area contributed by atoms with Crippen LogP contribution in [0.15, 0.2) is 18.2 Å². The summed E-state index contributed by atoms with van der Waals surface area (Å²) in [5.74, 6) is -0.838. The molecule has 1 fully saturated rings. The second kappa shape index (κ2) is 6.68. The lowest BCUT2D eigenvalue weighted by Gasteiger charge is -2.37. The molecule has 4 nitrogen and oxygen atoms in total. The van der Waals surface area contributed by atoms with Crippen LogP contribution in [-0.4, -0.2) is 28.6 Å². The van der Waals surface area contributed by atoms with Gasteiger partial charge in [0.1, 0.15) is 11.9 Å². The topological polar surface area (TPSA) is 64.3 Å². The molecule has 0 saturated carbocycles. The second-order valence-electron chi connectivity index (χ2n) is 5.54. The number of likely N-dealkylation sites (tertiary alicyclic amines) is 1. The standard InChI is InChI=1S/C16H19FN2O2/c1-2-11-5-6-19(15(7-11)16(20)21)10-12-3-4-14(17)8-13(12)9-18/h3-4,8,11,15H,2,5-7,10H2,1H3,(H,20,21). The number of nitriles is 1. The van der Waals surface area contributed by atoms with E-state index >= 15 is 0 Å². The summed E-state index contributed by atoms with van der Waals surface area (Å²) in [6.07, 6.45) is 2.58. The number of aliphatic carboxylic acids is 1. The molecule has 1 N–H and O–H groups in total. The summed E-state index contributed by atoms with van der Waals surface area (Å²) in [5.41, 5.74) is 0.955. The molecule has 1 aliphatic rings. The highest BCUT2D eigenvalue weighted by Crippen LogP contribution is 2.27. The van der Waals surface area contributed by atoms with Crippen LogP contribution in [-0.2, 0) is 11.3 Å². The van der Waals surface area contributed by atoms with Crippen molar-refractivity contribution in [3.8, 4) is 6.07 Å². The zero-order chi connectivity index (χ0) is 15.4. The van der Waals surface area contributed by atoms with E-state index in [0.717, 1.165) is 12.8 Å². The molecule has 112 valence electrons. The minimum absolute atomic E-state index is 0.275. The number of halogens is 1. The molecule has 1 heterocycles. The van der Waals surface area contributed by atoms with E-state index in [9.17, 15) is 14.3 Å². The fraction of sp³-hybridized carbons (Fsp3) is 0.500. The molecular weight excluding hydrogens is 271 g/mol. The van der Waals surface area contributed by atoms with Gasteiger partial charge in [0, 0.05) is 6.54 Å². The smallest absolute Gasteiger partial charge is 0.320 e. The fourth-order valence-corrected chi connectivity index (χ4v) is 2.91. The molecule has 21 heavy (non-hydrogen) atoms. The van der Waals surface area contributed by atoms with Crippen LogP contribution in [0.5, 0.6) is 0 Å². The Hall–Kier alpha value is -1.93. The summed E-state index contributed by atoms with van der Waals surface area (Å²) in [4.78, 5) is 13.3. The summed E-state index contributed by atoms with van der Waals surface area (Å²) in [5, 5.41) is 18.5. The molecular formula is C16H19FN2O2.